The van der Waals surface area contributed by atoms with Crippen molar-refractivity contribution >= 4 is 5.97 Å². The van der Waals surface area contributed by atoms with E-state index in [0.29, 0.717) is 18.9 Å². The smallest absolute Gasteiger partial charge is 0.305 e. The van der Waals surface area contributed by atoms with Gasteiger partial charge in [0.15, 0.2) is 0 Å². The minimum Gasteiger partial charge on any atom is -0.465 e. The molecule has 150 valence electrons. The molecule has 0 spiro atoms. The molecule has 2 nitrogen and oxygen atoms in total. The summed E-state index contributed by atoms with van der Waals surface area (Å²) in [5.41, 5.74) is 0. The highest BCUT2D eigenvalue weighted by Gasteiger charge is 2.12. The molecule has 0 aliphatic carbocycles. The summed E-state index contributed by atoms with van der Waals surface area (Å²) in [4.78, 5) is 12.0. The van der Waals surface area contributed by atoms with E-state index in [0.717, 1.165) is 12.3 Å². The first kappa shape index (κ1) is 24.5. The fourth-order valence-electron chi connectivity index (χ4n) is 3.31. The molecular weight excluding hydrogens is 308 g/mol. The van der Waals surface area contributed by atoms with Crippen LogP contribution >= 0.6 is 0 Å². The van der Waals surface area contributed by atoms with Gasteiger partial charge in [0.25, 0.3) is 0 Å². The molecule has 0 saturated heterocycles. The van der Waals surface area contributed by atoms with Crippen molar-refractivity contribution in [3.63, 3.8) is 0 Å². The van der Waals surface area contributed by atoms with Gasteiger partial charge in [-0.15, -0.1) is 0 Å². The van der Waals surface area contributed by atoms with Crippen LogP contribution in [-0.2, 0) is 9.53 Å². The molecule has 0 bridgehead atoms. The van der Waals surface area contributed by atoms with Gasteiger partial charge in [-0.1, -0.05) is 98.3 Å². The molecule has 0 radical (unpaired) electrons. The molecule has 0 unspecified atom stereocenters. The fourth-order valence-corrected chi connectivity index (χ4v) is 3.31. The second-order valence-corrected chi connectivity index (χ2v) is 8.24. The van der Waals surface area contributed by atoms with E-state index in [-0.39, 0.29) is 5.97 Å². The number of unbranched alkanes of at least 4 members (excludes halogenated alkanes) is 8. The highest BCUT2D eigenvalue weighted by Crippen LogP contribution is 2.18. The topological polar surface area (TPSA) is 26.3 Å². The first-order chi connectivity index (χ1) is 12.1. The fraction of sp³-hybridized carbons (Fsp3) is 0.957. The van der Waals surface area contributed by atoms with Gasteiger partial charge in [-0.2, -0.15) is 0 Å². The largest absolute Gasteiger partial charge is 0.465 e. The van der Waals surface area contributed by atoms with Gasteiger partial charge < -0.3 is 4.74 Å². The summed E-state index contributed by atoms with van der Waals surface area (Å²) in [6, 6.07) is 0. The van der Waals surface area contributed by atoms with Crippen molar-refractivity contribution < 1.29 is 9.53 Å². The standard InChI is InChI=1S/C23H46O2/c1-5-7-12-17-22(18-13-8-6-2)20-25-23(24)19-15-11-9-10-14-16-21(3)4/h21-22H,5-20H2,1-4H3. The number of hydrogen-bond acceptors (Lipinski definition) is 2. The van der Waals surface area contributed by atoms with Crippen LogP contribution in [0.3, 0.4) is 0 Å². The number of carbonyl (C=O) groups excluding carboxylic acids is 1. The number of esters is 1. The first-order valence-electron chi connectivity index (χ1n) is 11.3. The Balaban J connectivity index is 3.73. The van der Waals surface area contributed by atoms with Gasteiger partial charge in [-0.25, -0.2) is 0 Å². The quantitative estimate of drug-likeness (QED) is 0.186. The van der Waals surface area contributed by atoms with Crippen molar-refractivity contribution in [1.29, 1.82) is 0 Å². The molecule has 0 aromatic carbocycles. The lowest BCUT2D eigenvalue weighted by Gasteiger charge is -2.17. The van der Waals surface area contributed by atoms with Gasteiger partial charge in [0.1, 0.15) is 0 Å². The summed E-state index contributed by atoms with van der Waals surface area (Å²) in [5, 5.41) is 0. The van der Waals surface area contributed by atoms with E-state index in [1.54, 1.807) is 0 Å². The highest BCUT2D eigenvalue weighted by atomic mass is 16.5. The SMILES string of the molecule is CCCCCC(CCCCC)COC(=O)CCCCCCCC(C)C. The molecule has 0 rings (SSSR count). The maximum absolute atomic E-state index is 12.0. The van der Waals surface area contributed by atoms with Crippen LogP contribution in [0, 0.1) is 11.8 Å². The third-order valence-corrected chi connectivity index (χ3v) is 5.07. The lowest BCUT2D eigenvalue weighted by atomic mass is 9.96. The third kappa shape index (κ3) is 18.1. The van der Waals surface area contributed by atoms with E-state index in [1.807, 2.05) is 0 Å². The van der Waals surface area contributed by atoms with Crippen molar-refractivity contribution in [3.05, 3.63) is 0 Å². The summed E-state index contributed by atoms with van der Waals surface area (Å²) in [5.74, 6) is 1.42. The molecule has 2 heteroatoms. The van der Waals surface area contributed by atoms with Gasteiger partial charge in [-0.3, -0.25) is 4.79 Å². The normalized spacial score (nSPS) is 11.4. The first-order valence-corrected chi connectivity index (χ1v) is 11.3. The molecule has 25 heavy (non-hydrogen) atoms. The Morgan fingerprint density at radius 2 is 1.24 bits per heavy atom. The van der Waals surface area contributed by atoms with E-state index in [1.165, 1.54) is 83.5 Å². The van der Waals surface area contributed by atoms with Crippen molar-refractivity contribution in [1.82, 2.24) is 0 Å². The Labute approximate surface area is 158 Å². The van der Waals surface area contributed by atoms with Gasteiger partial charge in [0.05, 0.1) is 6.61 Å². The van der Waals surface area contributed by atoms with Gasteiger partial charge in [-0.05, 0) is 31.1 Å². The summed E-state index contributed by atoms with van der Waals surface area (Å²) in [6.45, 7) is 9.71. The lowest BCUT2D eigenvalue weighted by molar-refractivity contribution is -0.145. The average molecular weight is 355 g/mol. The highest BCUT2D eigenvalue weighted by molar-refractivity contribution is 5.69. The molecule has 0 aliphatic rings. The molecule has 0 atom stereocenters. The van der Waals surface area contributed by atoms with Crippen molar-refractivity contribution in [2.75, 3.05) is 6.61 Å². The van der Waals surface area contributed by atoms with Crippen LogP contribution in [0.25, 0.3) is 0 Å². The predicted molar refractivity (Wildman–Crippen MR) is 110 cm³/mol. The minimum absolute atomic E-state index is 0.0261. The van der Waals surface area contributed by atoms with Crippen LogP contribution in [0.1, 0.15) is 124 Å². The Kier molecular flexibility index (Phi) is 17.9. The summed E-state index contributed by atoms with van der Waals surface area (Å²) in [6.07, 6.45) is 18.1. The Bertz CT molecular complexity index is 276. The molecule has 0 heterocycles. The summed E-state index contributed by atoms with van der Waals surface area (Å²) >= 11 is 0. The minimum atomic E-state index is 0.0261. The number of rotatable bonds is 18. The second-order valence-electron chi connectivity index (χ2n) is 8.24. The Morgan fingerprint density at radius 1 is 0.720 bits per heavy atom. The van der Waals surface area contributed by atoms with E-state index < -0.39 is 0 Å². The molecule has 0 amide bonds. The van der Waals surface area contributed by atoms with Crippen molar-refractivity contribution in [3.8, 4) is 0 Å². The van der Waals surface area contributed by atoms with Crippen LogP contribution in [-0.4, -0.2) is 12.6 Å². The second kappa shape index (κ2) is 18.3. The zero-order valence-electron chi connectivity index (χ0n) is 17.8. The molecule has 0 aliphatic heterocycles. The third-order valence-electron chi connectivity index (χ3n) is 5.07. The molecule has 0 aromatic heterocycles. The summed E-state index contributed by atoms with van der Waals surface area (Å²) in [7, 11) is 0. The van der Waals surface area contributed by atoms with Crippen LogP contribution < -0.4 is 0 Å². The van der Waals surface area contributed by atoms with Crippen LogP contribution in [0.5, 0.6) is 0 Å². The van der Waals surface area contributed by atoms with E-state index in [4.69, 9.17) is 4.74 Å². The number of carbonyl (C=O) groups is 1. The van der Waals surface area contributed by atoms with Crippen molar-refractivity contribution in [2.45, 2.75) is 124 Å². The van der Waals surface area contributed by atoms with E-state index >= 15 is 0 Å². The monoisotopic (exact) mass is 354 g/mol. The molecule has 0 N–H and O–H groups in total. The van der Waals surface area contributed by atoms with Gasteiger partial charge >= 0.3 is 5.97 Å². The molecular formula is C23H46O2. The maximum Gasteiger partial charge on any atom is 0.305 e. The van der Waals surface area contributed by atoms with Crippen LogP contribution in [0.15, 0.2) is 0 Å². The summed E-state index contributed by atoms with van der Waals surface area (Å²) < 4.78 is 5.59. The zero-order valence-corrected chi connectivity index (χ0v) is 17.8. The van der Waals surface area contributed by atoms with E-state index in [2.05, 4.69) is 27.7 Å². The Morgan fingerprint density at radius 3 is 1.80 bits per heavy atom. The van der Waals surface area contributed by atoms with Gasteiger partial charge in [0, 0.05) is 6.42 Å². The lowest BCUT2D eigenvalue weighted by Crippen LogP contribution is -2.14. The molecule has 0 fully saturated rings. The van der Waals surface area contributed by atoms with Gasteiger partial charge in [0.2, 0.25) is 0 Å². The van der Waals surface area contributed by atoms with E-state index in [9.17, 15) is 4.79 Å². The zero-order chi connectivity index (χ0) is 18.8. The van der Waals surface area contributed by atoms with Crippen LogP contribution in [0.4, 0.5) is 0 Å². The predicted octanol–water partition coefficient (Wildman–Crippen LogP) is 7.69. The molecule has 0 saturated carbocycles. The van der Waals surface area contributed by atoms with Crippen molar-refractivity contribution in [2.24, 2.45) is 11.8 Å². The molecule has 0 aromatic rings. The van der Waals surface area contributed by atoms with Crippen LogP contribution in [0.2, 0.25) is 0 Å². The number of ether oxygens (including phenoxy) is 1. The average Bonchev–Trinajstić information content (AvgIpc) is 2.58. The Hall–Kier alpha value is -0.530. The maximum atomic E-state index is 12.0. The number of hydrogen-bond donors (Lipinski definition) is 0.